The molecule has 9 heteroatoms. The second kappa shape index (κ2) is 9.02. The quantitative estimate of drug-likeness (QED) is 0.586. The summed E-state index contributed by atoms with van der Waals surface area (Å²) < 4.78 is 50.4. The van der Waals surface area contributed by atoms with Crippen molar-refractivity contribution >= 4 is 34.9 Å². The highest BCUT2D eigenvalue weighted by Crippen LogP contribution is 2.51. The molecule has 2 aromatic carbocycles. The van der Waals surface area contributed by atoms with E-state index in [4.69, 9.17) is 20.6 Å². The lowest BCUT2D eigenvalue weighted by molar-refractivity contribution is 0.219. The van der Waals surface area contributed by atoms with E-state index in [-0.39, 0.29) is 24.3 Å². The third-order valence-corrected chi connectivity index (χ3v) is 7.06. The number of nitrogens with one attached hydrogen (secondary N) is 1. The molecule has 2 aromatic rings. The molecule has 0 saturated carbocycles. The third kappa shape index (κ3) is 5.83. The van der Waals surface area contributed by atoms with Crippen LogP contribution < -0.4 is 4.72 Å². The Labute approximate surface area is 159 Å². The van der Waals surface area contributed by atoms with Gasteiger partial charge < -0.3 is 9.05 Å². The number of rotatable bonds is 9. The van der Waals surface area contributed by atoms with Gasteiger partial charge in [-0.1, -0.05) is 23.7 Å². The summed E-state index contributed by atoms with van der Waals surface area (Å²) in [6.07, 6.45) is 0.0830. The van der Waals surface area contributed by atoms with Crippen molar-refractivity contribution in [3.05, 3.63) is 59.1 Å². The molecule has 0 radical (unpaired) electrons. The molecule has 0 saturated heterocycles. The predicted molar refractivity (Wildman–Crippen MR) is 103 cm³/mol. The predicted octanol–water partition coefficient (Wildman–Crippen LogP) is 4.91. The van der Waals surface area contributed by atoms with Crippen LogP contribution in [-0.2, 0) is 29.8 Å². The van der Waals surface area contributed by atoms with Crippen molar-refractivity contribution in [3.63, 3.8) is 0 Å². The van der Waals surface area contributed by atoms with Crippen molar-refractivity contribution in [2.75, 3.05) is 17.9 Å². The topological polar surface area (TPSA) is 81.7 Å². The molecule has 0 fully saturated rings. The van der Waals surface area contributed by atoms with E-state index in [2.05, 4.69) is 4.72 Å². The molecule has 0 amide bonds. The van der Waals surface area contributed by atoms with E-state index in [0.29, 0.717) is 16.3 Å². The second-order valence-electron chi connectivity index (χ2n) is 5.36. The first-order valence-electron chi connectivity index (χ1n) is 8.03. The SMILES string of the molecule is CCOP(=O)(Cc1ccc(S(=O)(=O)Nc2ccc(Cl)cc2)cc1)OCC. The van der Waals surface area contributed by atoms with Gasteiger partial charge in [0, 0.05) is 10.7 Å². The minimum atomic E-state index is -3.73. The molecule has 0 bridgehead atoms. The van der Waals surface area contributed by atoms with Gasteiger partial charge >= 0.3 is 7.60 Å². The summed E-state index contributed by atoms with van der Waals surface area (Å²) in [7, 11) is -6.97. The number of hydrogen-bond donors (Lipinski definition) is 1. The number of anilines is 1. The molecule has 0 heterocycles. The molecule has 1 N–H and O–H groups in total. The lowest BCUT2D eigenvalue weighted by Crippen LogP contribution is -2.12. The van der Waals surface area contributed by atoms with Gasteiger partial charge in [-0.05, 0) is 55.8 Å². The van der Waals surface area contributed by atoms with Crippen LogP contribution in [0, 0.1) is 0 Å². The van der Waals surface area contributed by atoms with E-state index in [0.717, 1.165) is 0 Å². The molecule has 0 atom stereocenters. The van der Waals surface area contributed by atoms with Crippen molar-refractivity contribution in [2.24, 2.45) is 0 Å². The van der Waals surface area contributed by atoms with E-state index in [1.54, 1.807) is 50.2 Å². The van der Waals surface area contributed by atoms with Crippen LogP contribution >= 0.6 is 19.2 Å². The number of sulfonamides is 1. The number of benzene rings is 2. The monoisotopic (exact) mass is 417 g/mol. The first kappa shape index (κ1) is 20.9. The average molecular weight is 418 g/mol. The van der Waals surface area contributed by atoms with Crippen LogP contribution in [0.1, 0.15) is 19.4 Å². The van der Waals surface area contributed by atoms with E-state index in [1.807, 2.05) is 0 Å². The van der Waals surface area contributed by atoms with Gasteiger partial charge in [0.1, 0.15) is 0 Å². The van der Waals surface area contributed by atoms with Gasteiger partial charge in [-0.15, -0.1) is 0 Å². The highest BCUT2D eigenvalue weighted by molar-refractivity contribution is 7.92. The molecule has 0 aromatic heterocycles. The van der Waals surface area contributed by atoms with Crippen molar-refractivity contribution in [3.8, 4) is 0 Å². The molecular weight excluding hydrogens is 397 g/mol. The highest BCUT2D eigenvalue weighted by Gasteiger charge is 2.24. The van der Waals surface area contributed by atoms with Crippen LogP contribution in [0.25, 0.3) is 0 Å². The molecule has 0 aliphatic rings. The highest BCUT2D eigenvalue weighted by atomic mass is 35.5. The van der Waals surface area contributed by atoms with E-state index < -0.39 is 17.6 Å². The van der Waals surface area contributed by atoms with Crippen LogP contribution in [0.4, 0.5) is 5.69 Å². The largest absolute Gasteiger partial charge is 0.335 e. The maximum atomic E-state index is 12.5. The van der Waals surface area contributed by atoms with Crippen LogP contribution in [0.2, 0.25) is 5.02 Å². The molecule has 0 unspecified atom stereocenters. The van der Waals surface area contributed by atoms with Gasteiger partial charge in [0.15, 0.2) is 0 Å². The summed E-state index contributed by atoms with van der Waals surface area (Å²) in [5.74, 6) is 0. The van der Waals surface area contributed by atoms with E-state index in [9.17, 15) is 13.0 Å². The van der Waals surface area contributed by atoms with Crippen molar-refractivity contribution in [2.45, 2.75) is 24.9 Å². The summed E-state index contributed by atoms with van der Waals surface area (Å²) in [6.45, 7) is 4.02. The molecule has 0 aliphatic carbocycles. The van der Waals surface area contributed by atoms with Crippen LogP contribution in [0.5, 0.6) is 0 Å². The standard InChI is InChI=1S/C17H21ClNO5PS/c1-3-23-25(20,24-4-2)13-14-5-11-17(12-6-14)26(21,22)19-16-9-7-15(18)8-10-16/h5-12,19H,3-4,13H2,1-2H3. The Balaban J connectivity index is 2.14. The molecule has 6 nitrogen and oxygen atoms in total. The number of halogens is 1. The number of hydrogen-bond acceptors (Lipinski definition) is 5. The maximum Gasteiger partial charge on any atom is 0.335 e. The Morgan fingerprint density at radius 3 is 2.00 bits per heavy atom. The Bertz CT molecular complexity index is 859. The summed E-state index contributed by atoms with van der Waals surface area (Å²) in [5.41, 5.74) is 1.08. The minimum Gasteiger partial charge on any atom is -0.309 e. The molecular formula is C17H21ClNO5PS. The Morgan fingerprint density at radius 2 is 1.50 bits per heavy atom. The summed E-state index contributed by atoms with van der Waals surface area (Å²) in [6, 6.07) is 12.5. The fraction of sp³-hybridized carbons (Fsp3) is 0.294. The smallest absolute Gasteiger partial charge is 0.309 e. The summed E-state index contributed by atoms with van der Waals surface area (Å²) >= 11 is 5.79. The lowest BCUT2D eigenvalue weighted by Gasteiger charge is -2.17. The molecule has 0 spiro atoms. The molecule has 142 valence electrons. The fourth-order valence-corrected chi connectivity index (χ4v) is 5.14. The first-order chi connectivity index (χ1) is 12.3. The second-order valence-corrected chi connectivity index (χ2v) is 9.53. The summed E-state index contributed by atoms with van der Waals surface area (Å²) in [4.78, 5) is 0.0962. The normalized spacial score (nSPS) is 12.1. The molecule has 2 rings (SSSR count). The Morgan fingerprint density at radius 1 is 0.962 bits per heavy atom. The van der Waals surface area contributed by atoms with Gasteiger partial charge in [0.05, 0.1) is 24.3 Å². The van der Waals surface area contributed by atoms with E-state index >= 15 is 0 Å². The Kier molecular flexibility index (Phi) is 7.26. The van der Waals surface area contributed by atoms with Gasteiger partial charge in [0.2, 0.25) is 0 Å². The van der Waals surface area contributed by atoms with Crippen LogP contribution in [0.3, 0.4) is 0 Å². The van der Waals surface area contributed by atoms with Crippen LogP contribution in [0.15, 0.2) is 53.4 Å². The van der Waals surface area contributed by atoms with Gasteiger partial charge in [0.25, 0.3) is 10.0 Å². The molecule has 0 aliphatic heterocycles. The van der Waals surface area contributed by atoms with Gasteiger partial charge in [-0.2, -0.15) is 0 Å². The maximum absolute atomic E-state index is 12.5. The third-order valence-electron chi connectivity index (χ3n) is 3.36. The van der Waals surface area contributed by atoms with Crippen LogP contribution in [-0.4, -0.2) is 21.6 Å². The zero-order valence-corrected chi connectivity index (χ0v) is 17.0. The van der Waals surface area contributed by atoms with Gasteiger partial charge in [-0.25, -0.2) is 8.42 Å². The molecule has 26 heavy (non-hydrogen) atoms. The van der Waals surface area contributed by atoms with Crippen molar-refractivity contribution in [1.29, 1.82) is 0 Å². The van der Waals surface area contributed by atoms with Crippen molar-refractivity contribution in [1.82, 2.24) is 0 Å². The fourth-order valence-electron chi connectivity index (χ4n) is 2.25. The Hall–Kier alpha value is -1.37. The first-order valence-corrected chi connectivity index (χ1v) is 11.6. The van der Waals surface area contributed by atoms with Gasteiger partial charge in [-0.3, -0.25) is 9.29 Å². The van der Waals surface area contributed by atoms with Crippen molar-refractivity contribution < 1.29 is 22.0 Å². The zero-order valence-electron chi connectivity index (χ0n) is 14.5. The lowest BCUT2D eigenvalue weighted by atomic mass is 10.2. The minimum absolute atomic E-state index is 0.0830. The summed E-state index contributed by atoms with van der Waals surface area (Å²) in [5, 5.41) is 0.519. The van der Waals surface area contributed by atoms with E-state index in [1.165, 1.54) is 12.1 Å². The average Bonchev–Trinajstić information content (AvgIpc) is 2.57. The zero-order chi connectivity index (χ0) is 19.2.